The van der Waals surface area contributed by atoms with Gasteiger partial charge in [0.2, 0.25) is 0 Å². The van der Waals surface area contributed by atoms with E-state index in [4.69, 9.17) is 9.84 Å². The number of carbonyl (C=O) groups excluding carboxylic acids is 2. The molecule has 0 aromatic heterocycles. The highest BCUT2D eigenvalue weighted by molar-refractivity contribution is 6.07. The Bertz CT molecular complexity index is 813. The van der Waals surface area contributed by atoms with Crippen LogP contribution < -0.4 is 0 Å². The van der Waals surface area contributed by atoms with Crippen LogP contribution in [0.5, 0.6) is 0 Å². The monoisotopic (exact) mass is 362 g/mol. The minimum absolute atomic E-state index is 0.0330. The van der Waals surface area contributed by atoms with Gasteiger partial charge in [-0.2, -0.15) is 0 Å². The third kappa shape index (κ3) is 3.47. The topological polar surface area (TPSA) is 128 Å². The summed E-state index contributed by atoms with van der Waals surface area (Å²) in [6, 6.07) is 5.81. The van der Waals surface area contributed by atoms with Gasteiger partial charge in [-0.1, -0.05) is 18.2 Å². The molecule has 2 unspecified atom stereocenters. The van der Waals surface area contributed by atoms with Crippen molar-refractivity contribution in [2.45, 2.75) is 19.8 Å². The molecule has 9 nitrogen and oxygen atoms in total. The van der Waals surface area contributed by atoms with E-state index in [1.54, 1.807) is 13.0 Å². The molecule has 2 atom stereocenters. The van der Waals surface area contributed by atoms with Gasteiger partial charge in [0, 0.05) is 29.0 Å². The summed E-state index contributed by atoms with van der Waals surface area (Å²) in [5.41, 5.74) is 0.492. The van der Waals surface area contributed by atoms with Crippen LogP contribution in [0, 0.1) is 16.0 Å². The molecule has 0 fully saturated rings. The van der Waals surface area contributed by atoms with Gasteiger partial charge < -0.3 is 14.6 Å². The average Bonchev–Trinajstić information content (AvgIpc) is 2.60. The van der Waals surface area contributed by atoms with E-state index >= 15 is 0 Å². The van der Waals surface area contributed by atoms with E-state index < -0.39 is 35.5 Å². The molecule has 138 valence electrons. The van der Waals surface area contributed by atoms with Crippen LogP contribution >= 0.6 is 0 Å². The largest absolute Gasteiger partial charge is 0.468 e. The SMILES string of the molecule is COC(=O)C1C(C)=NC(C)=C(C(=O)OCO)C1c1ccccc1[N+](=O)[O-]. The van der Waals surface area contributed by atoms with E-state index in [-0.39, 0.29) is 22.5 Å². The molecule has 0 saturated heterocycles. The van der Waals surface area contributed by atoms with E-state index in [1.165, 1.54) is 32.2 Å². The van der Waals surface area contributed by atoms with Crippen LogP contribution in [0.1, 0.15) is 25.3 Å². The molecule has 0 amide bonds. The number of aliphatic hydroxyl groups is 1. The van der Waals surface area contributed by atoms with E-state index in [1.807, 2.05) is 0 Å². The number of nitro groups is 1. The van der Waals surface area contributed by atoms with Crippen molar-refractivity contribution in [3.05, 3.63) is 51.2 Å². The number of ether oxygens (including phenoxy) is 2. The van der Waals surface area contributed by atoms with Crippen LogP contribution in [0.25, 0.3) is 0 Å². The molecule has 9 heteroatoms. The van der Waals surface area contributed by atoms with Gasteiger partial charge in [0.15, 0.2) is 6.79 Å². The first-order valence-electron chi connectivity index (χ1n) is 7.68. The number of esters is 2. The number of carbonyl (C=O) groups is 2. The number of nitrogens with zero attached hydrogens (tertiary/aromatic N) is 2. The molecular weight excluding hydrogens is 344 g/mol. The highest BCUT2D eigenvalue weighted by Gasteiger charge is 2.44. The number of aliphatic imine (C=N–C) groups is 1. The van der Waals surface area contributed by atoms with Crippen molar-refractivity contribution in [2.24, 2.45) is 10.9 Å². The van der Waals surface area contributed by atoms with Gasteiger partial charge in [-0.15, -0.1) is 0 Å². The maximum Gasteiger partial charge on any atom is 0.338 e. The molecule has 0 radical (unpaired) electrons. The normalized spacial score (nSPS) is 19.6. The number of allylic oxidation sites excluding steroid dienone is 1. The van der Waals surface area contributed by atoms with Crippen molar-refractivity contribution in [3.8, 4) is 0 Å². The lowest BCUT2D eigenvalue weighted by molar-refractivity contribution is -0.385. The van der Waals surface area contributed by atoms with Crippen molar-refractivity contribution in [1.29, 1.82) is 0 Å². The molecule has 2 rings (SSSR count). The highest BCUT2D eigenvalue weighted by atomic mass is 16.6. The molecular formula is C17H18N2O7. The highest BCUT2D eigenvalue weighted by Crippen LogP contribution is 2.43. The molecule has 1 N–H and O–H groups in total. The summed E-state index contributed by atoms with van der Waals surface area (Å²) >= 11 is 0. The zero-order chi connectivity index (χ0) is 19.4. The molecule has 26 heavy (non-hydrogen) atoms. The van der Waals surface area contributed by atoms with Gasteiger partial charge in [0.25, 0.3) is 5.69 Å². The Morgan fingerprint density at radius 3 is 2.54 bits per heavy atom. The van der Waals surface area contributed by atoms with Crippen molar-refractivity contribution in [2.75, 3.05) is 13.9 Å². The Hall–Kier alpha value is -3.07. The second-order valence-corrected chi connectivity index (χ2v) is 5.61. The van der Waals surface area contributed by atoms with Crippen LogP contribution in [0.4, 0.5) is 5.69 Å². The summed E-state index contributed by atoms with van der Waals surface area (Å²) in [6.07, 6.45) is 0. The first-order valence-corrected chi connectivity index (χ1v) is 7.68. The van der Waals surface area contributed by atoms with E-state index in [0.717, 1.165) is 0 Å². The lowest BCUT2D eigenvalue weighted by atomic mass is 9.75. The summed E-state index contributed by atoms with van der Waals surface area (Å²) in [5.74, 6) is -3.65. The van der Waals surface area contributed by atoms with Crippen LogP contribution in [0.3, 0.4) is 0 Å². The second kappa shape index (κ2) is 7.87. The van der Waals surface area contributed by atoms with Crippen molar-refractivity contribution < 1.29 is 29.1 Å². The zero-order valence-corrected chi connectivity index (χ0v) is 14.5. The molecule has 1 heterocycles. The lowest BCUT2D eigenvalue weighted by Gasteiger charge is -2.30. The molecule has 0 aliphatic carbocycles. The van der Waals surface area contributed by atoms with E-state index in [0.29, 0.717) is 5.71 Å². The molecule has 1 aromatic carbocycles. The first-order chi connectivity index (χ1) is 12.3. The van der Waals surface area contributed by atoms with Crippen LogP contribution in [-0.4, -0.2) is 41.6 Å². The fraction of sp³-hybridized carbons (Fsp3) is 0.353. The van der Waals surface area contributed by atoms with Crippen LogP contribution in [0.15, 0.2) is 40.5 Å². The number of methoxy groups -OCH3 is 1. The minimum atomic E-state index is -1.04. The summed E-state index contributed by atoms with van der Waals surface area (Å²) in [6.45, 7) is 2.25. The zero-order valence-electron chi connectivity index (χ0n) is 14.5. The molecule has 0 saturated carbocycles. The van der Waals surface area contributed by atoms with Crippen molar-refractivity contribution in [1.82, 2.24) is 0 Å². The van der Waals surface area contributed by atoms with Gasteiger partial charge >= 0.3 is 11.9 Å². The average molecular weight is 362 g/mol. The smallest absolute Gasteiger partial charge is 0.338 e. The molecule has 1 aromatic rings. The molecule has 1 aliphatic rings. The Labute approximate surface area is 149 Å². The summed E-state index contributed by atoms with van der Waals surface area (Å²) < 4.78 is 9.49. The van der Waals surface area contributed by atoms with Gasteiger partial charge in [0.1, 0.15) is 5.92 Å². The van der Waals surface area contributed by atoms with Crippen LogP contribution in [0.2, 0.25) is 0 Å². The number of hydrogen-bond acceptors (Lipinski definition) is 8. The van der Waals surface area contributed by atoms with Gasteiger partial charge in [0.05, 0.1) is 17.6 Å². The van der Waals surface area contributed by atoms with Crippen molar-refractivity contribution in [3.63, 3.8) is 0 Å². The van der Waals surface area contributed by atoms with E-state index in [2.05, 4.69) is 9.73 Å². The predicted octanol–water partition coefficient (Wildman–Crippen LogP) is 1.71. The minimum Gasteiger partial charge on any atom is -0.468 e. The van der Waals surface area contributed by atoms with Gasteiger partial charge in [-0.05, 0) is 13.8 Å². The Morgan fingerprint density at radius 2 is 1.96 bits per heavy atom. The Morgan fingerprint density at radius 1 is 1.31 bits per heavy atom. The van der Waals surface area contributed by atoms with Crippen molar-refractivity contribution >= 4 is 23.3 Å². The number of rotatable bonds is 5. The van der Waals surface area contributed by atoms with Gasteiger partial charge in [-0.3, -0.25) is 19.9 Å². The predicted molar refractivity (Wildman–Crippen MR) is 90.3 cm³/mol. The summed E-state index contributed by atoms with van der Waals surface area (Å²) in [7, 11) is 1.18. The lowest BCUT2D eigenvalue weighted by Crippen LogP contribution is -2.36. The molecule has 0 spiro atoms. The number of nitro benzene ring substituents is 1. The van der Waals surface area contributed by atoms with E-state index in [9.17, 15) is 19.7 Å². The fourth-order valence-corrected chi connectivity index (χ4v) is 3.12. The molecule has 1 aliphatic heterocycles. The van der Waals surface area contributed by atoms with Gasteiger partial charge in [-0.25, -0.2) is 4.79 Å². The maximum absolute atomic E-state index is 12.4. The number of aliphatic hydroxyl groups excluding tert-OH is 1. The number of benzene rings is 1. The number of para-hydroxylation sites is 1. The number of hydrogen-bond donors (Lipinski definition) is 1. The second-order valence-electron chi connectivity index (χ2n) is 5.61. The quantitative estimate of drug-likeness (QED) is 0.365. The summed E-state index contributed by atoms with van der Waals surface area (Å²) in [4.78, 5) is 39.9. The van der Waals surface area contributed by atoms with Crippen LogP contribution in [-0.2, 0) is 19.1 Å². The molecule has 0 bridgehead atoms. The third-order valence-corrected chi connectivity index (χ3v) is 4.17. The summed E-state index contributed by atoms with van der Waals surface area (Å²) in [5, 5.41) is 20.4. The standard InChI is InChI=1S/C17H18N2O7/c1-9-13(16(21)25-3)15(11-6-4-5-7-12(11)19(23)24)14(10(2)18-9)17(22)26-8-20/h4-7,13,15,20H,8H2,1-3H3. The maximum atomic E-state index is 12.4. The fourth-order valence-electron chi connectivity index (χ4n) is 3.12. The Kier molecular flexibility index (Phi) is 5.83. The third-order valence-electron chi connectivity index (χ3n) is 4.17. The first kappa shape index (κ1) is 19.3. The Balaban J connectivity index is 2.76.